The molecule has 0 bridgehead atoms. The minimum atomic E-state index is -4.57. The van der Waals surface area contributed by atoms with Crippen molar-refractivity contribution in [2.75, 3.05) is 4.90 Å². The smallest absolute Gasteiger partial charge is 0.746 e. The predicted molar refractivity (Wildman–Crippen MR) is 104 cm³/mol. The molecule has 9 heteroatoms. The Bertz CT molecular complexity index is 1090. The third-order valence-electron chi connectivity index (χ3n) is 4.36. The summed E-state index contributed by atoms with van der Waals surface area (Å²) in [5.74, 6) is 0.484. The maximum Gasteiger partial charge on any atom is 1.00 e. The van der Waals surface area contributed by atoms with Gasteiger partial charge in [0.05, 0.1) is 11.4 Å². The summed E-state index contributed by atoms with van der Waals surface area (Å²) in [5.41, 5.74) is 2.04. The molecule has 0 amide bonds. The molecular formula is C19H16N3NaO3S2. The van der Waals surface area contributed by atoms with Crippen LogP contribution in [0.15, 0.2) is 70.7 Å². The summed E-state index contributed by atoms with van der Waals surface area (Å²) < 4.78 is 36.3. The van der Waals surface area contributed by atoms with E-state index in [1.165, 1.54) is 11.8 Å². The molecule has 1 aromatic heterocycles. The van der Waals surface area contributed by atoms with Gasteiger partial charge < -0.3 is 9.45 Å². The molecule has 6 nitrogen and oxygen atoms in total. The van der Waals surface area contributed by atoms with Gasteiger partial charge in [0, 0.05) is 27.7 Å². The van der Waals surface area contributed by atoms with E-state index < -0.39 is 15.5 Å². The Labute approximate surface area is 190 Å². The molecular weight excluding hydrogens is 405 g/mol. The Morgan fingerprint density at radius 1 is 1.04 bits per heavy atom. The number of rotatable bonds is 4. The molecule has 2 heterocycles. The van der Waals surface area contributed by atoms with Crippen LogP contribution in [-0.2, 0) is 10.1 Å². The number of nitrogens with zero attached hydrogens (tertiary/aromatic N) is 3. The largest absolute Gasteiger partial charge is 1.00 e. The first-order chi connectivity index (χ1) is 13.0. The Morgan fingerprint density at radius 2 is 1.71 bits per heavy atom. The Morgan fingerprint density at radius 3 is 2.39 bits per heavy atom. The molecule has 0 fully saturated rings. The first-order valence-electron chi connectivity index (χ1n) is 8.42. The Kier molecular flexibility index (Phi) is 6.48. The summed E-state index contributed by atoms with van der Waals surface area (Å²) in [6, 6.07) is 14.9. The van der Waals surface area contributed by atoms with Gasteiger partial charge in [0.15, 0.2) is 5.82 Å². The van der Waals surface area contributed by atoms with Gasteiger partial charge in [-0.15, -0.1) is 0 Å². The van der Waals surface area contributed by atoms with E-state index in [0.29, 0.717) is 22.8 Å². The fourth-order valence-corrected chi connectivity index (χ4v) is 5.26. The zero-order chi connectivity index (χ0) is 19.0. The van der Waals surface area contributed by atoms with Crippen LogP contribution in [0.1, 0.15) is 13.3 Å². The van der Waals surface area contributed by atoms with Crippen molar-refractivity contribution in [1.29, 1.82) is 0 Å². The molecule has 0 N–H and O–H groups in total. The summed E-state index contributed by atoms with van der Waals surface area (Å²) in [4.78, 5) is 12.0. The number of benzene rings is 2. The fraction of sp³-hybridized carbons (Fsp3) is 0.158. The molecule has 1 atom stereocenters. The van der Waals surface area contributed by atoms with Crippen molar-refractivity contribution in [3.05, 3.63) is 60.9 Å². The standard InChI is InChI=1S/C19H17N3O3S2.Na/c1-2-17(27(23,24)25)22-14-8-3-4-9-15(14)26-16-10-5-7-13(18(16)22)19-20-11-6-12-21-19;/h3-12,17H,2H2,1H3,(H,23,24,25);/q;+1/p-1. The van der Waals surface area contributed by atoms with Crippen LogP contribution in [-0.4, -0.2) is 28.3 Å². The summed E-state index contributed by atoms with van der Waals surface area (Å²) in [7, 11) is -4.57. The maximum absolute atomic E-state index is 12.1. The van der Waals surface area contributed by atoms with Crippen LogP contribution < -0.4 is 34.5 Å². The van der Waals surface area contributed by atoms with Gasteiger partial charge in [-0.25, -0.2) is 18.4 Å². The van der Waals surface area contributed by atoms with E-state index in [0.717, 1.165) is 9.79 Å². The summed E-state index contributed by atoms with van der Waals surface area (Å²) in [6.45, 7) is 1.70. The fourth-order valence-electron chi connectivity index (χ4n) is 3.27. The van der Waals surface area contributed by atoms with Crippen LogP contribution in [0, 0.1) is 0 Å². The quantitative estimate of drug-likeness (QED) is 0.459. The predicted octanol–water partition coefficient (Wildman–Crippen LogP) is 1.03. The van der Waals surface area contributed by atoms with Crippen LogP contribution in [0.2, 0.25) is 0 Å². The number of fused-ring (bicyclic) bond motifs is 2. The van der Waals surface area contributed by atoms with Crippen molar-refractivity contribution in [2.24, 2.45) is 0 Å². The second-order valence-electron chi connectivity index (χ2n) is 6.02. The third kappa shape index (κ3) is 3.85. The molecule has 0 spiro atoms. The van der Waals surface area contributed by atoms with E-state index in [4.69, 9.17) is 0 Å². The summed E-state index contributed by atoms with van der Waals surface area (Å²) in [5, 5.41) is -1.22. The molecule has 0 saturated heterocycles. The van der Waals surface area contributed by atoms with E-state index in [-0.39, 0.29) is 36.0 Å². The van der Waals surface area contributed by atoms with E-state index in [1.807, 2.05) is 42.5 Å². The molecule has 2 aromatic carbocycles. The molecule has 28 heavy (non-hydrogen) atoms. The van der Waals surface area contributed by atoms with Gasteiger partial charge in [0.1, 0.15) is 15.5 Å². The van der Waals surface area contributed by atoms with Crippen LogP contribution in [0.4, 0.5) is 11.4 Å². The molecule has 3 aromatic rings. The molecule has 0 saturated carbocycles. The minimum absolute atomic E-state index is 0. The number of para-hydroxylation sites is 2. The molecule has 1 aliphatic rings. The van der Waals surface area contributed by atoms with Crippen molar-refractivity contribution in [2.45, 2.75) is 28.5 Å². The van der Waals surface area contributed by atoms with Gasteiger partial charge in [-0.1, -0.05) is 36.9 Å². The van der Waals surface area contributed by atoms with Crippen molar-refractivity contribution in [3.8, 4) is 11.4 Å². The van der Waals surface area contributed by atoms with Crippen molar-refractivity contribution in [1.82, 2.24) is 9.97 Å². The van der Waals surface area contributed by atoms with E-state index in [9.17, 15) is 13.0 Å². The zero-order valence-electron chi connectivity index (χ0n) is 15.4. The Balaban J connectivity index is 0.00000225. The van der Waals surface area contributed by atoms with Crippen molar-refractivity contribution in [3.63, 3.8) is 0 Å². The van der Waals surface area contributed by atoms with Gasteiger partial charge in [0.25, 0.3) is 0 Å². The van der Waals surface area contributed by atoms with Gasteiger partial charge in [-0.3, -0.25) is 0 Å². The minimum Gasteiger partial charge on any atom is -0.746 e. The van der Waals surface area contributed by atoms with Gasteiger partial charge in [-0.05, 0) is 36.8 Å². The third-order valence-corrected chi connectivity index (χ3v) is 6.69. The van der Waals surface area contributed by atoms with Crippen molar-refractivity contribution < 1.29 is 42.5 Å². The molecule has 138 valence electrons. The number of hydrogen-bond donors (Lipinski definition) is 0. The second-order valence-corrected chi connectivity index (χ2v) is 8.63. The van der Waals surface area contributed by atoms with Gasteiger partial charge >= 0.3 is 29.6 Å². The van der Waals surface area contributed by atoms with E-state index in [2.05, 4.69) is 9.97 Å². The first kappa shape index (κ1) is 21.3. The number of hydrogen-bond acceptors (Lipinski definition) is 7. The van der Waals surface area contributed by atoms with Crippen molar-refractivity contribution >= 4 is 33.3 Å². The molecule has 0 radical (unpaired) electrons. The van der Waals surface area contributed by atoms with E-state index in [1.54, 1.807) is 30.3 Å². The monoisotopic (exact) mass is 421 g/mol. The topological polar surface area (TPSA) is 86.2 Å². The first-order valence-corrected chi connectivity index (χ1v) is 10.7. The van der Waals surface area contributed by atoms with Crippen LogP contribution in [0.25, 0.3) is 11.4 Å². The van der Waals surface area contributed by atoms with Crippen LogP contribution >= 0.6 is 11.8 Å². The van der Waals surface area contributed by atoms with Crippen LogP contribution in [0.5, 0.6) is 0 Å². The zero-order valence-corrected chi connectivity index (χ0v) is 19.1. The molecule has 4 rings (SSSR count). The SMILES string of the molecule is CCC(N1c2ccccc2Sc2cccc(-c3ncccn3)c21)S(=O)(=O)[O-].[Na+]. The Hall–Kier alpha value is -1.42. The summed E-state index contributed by atoms with van der Waals surface area (Å²) in [6.07, 6.45) is 3.43. The average Bonchev–Trinajstić information content (AvgIpc) is 2.67. The maximum atomic E-state index is 12.1. The molecule has 0 aliphatic carbocycles. The summed E-state index contributed by atoms with van der Waals surface area (Å²) >= 11 is 1.54. The number of aromatic nitrogens is 2. The van der Waals surface area contributed by atoms with Gasteiger partial charge in [0.2, 0.25) is 0 Å². The normalized spacial score (nSPS) is 13.9. The van der Waals surface area contributed by atoms with Crippen LogP contribution in [0.3, 0.4) is 0 Å². The van der Waals surface area contributed by atoms with Gasteiger partial charge in [-0.2, -0.15) is 0 Å². The second kappa shape index (κ2) is 8.52. The number of anilines is 2. The average molecular weight is 421 g/mol. The molecule has 1 unspecified atom stereocenters. The van der Waals surface area contributed by atoms with E-state index >= 15 is 0 Å². The molecule has 1 aliphatic heterocycles.